The van der Waals surface area contributed by atoms with Gasteiger partial charge in [-0.1, -0.05) is 18.2 Å². The summed E-state index contributed by atoms with van der Waals surface area (Å²) in [4.78, 5) is 21.3. The predicted octanol–water partition coefficient (Wildman–Crippen LogP) is 1.99. The summed E-state index contributed by atoms with van der Waals surface area (Å²) >= 11 is 0. The molecule has 1 fully saturated rings. The lowest BCUT2D eigenvalue weighted by Gasteiger charge is -2.12. The number of carbonyl (C=O) groups is 1. The van der Waals surface area contributed by atoms with Crippen LogP contribution in [0.5, 0.6) is 0 Å². The summed E-state index contributed by atoms with van der Waals surface area (Å²) in [6.07, 6.45) is 4.14. The molecule has 8 heteroatoms. The van der Waals surface area contributed by atoms with Crippen LogP contribution in [0.25, 0.3) is 22.2 Å². The Labute approximate surface area is 163 Å². The van der Waals surface area contributed by atoms with E-state index in [9.17, 15) is 13.2 Å². The van der Waals surface area contributed by atoms with E-state index in [0.29, 0.717) is 12.2 Å². The molecule has 7 nitrogen and oxygen atoms in total. The summed E-state index contributed by atoms with van der Waals surface area (Å²) in [7, 11) is -1.10. The van der Waals surface area contributed by atoms with Gasteiger partial charge in [0.05, 0.1) is 23.1 Å². The van der Waals surface area contributed by atoms with Gasteiger partial charge in [0.15, 0.2) is 9.84 Å². The van der Waals surface area contributed by atoms with E-state index in [2.05, 4.69) is 21.4 Å². The molecule has 1 aliphatic rings. The number of fused-ring (bicyclic) bond motifs is 1. The number of amides is 1. The molecule has 1 N–H and O–H groups in total. The van der Waals surface area contributed by atoms with Gasteiger partial charge >= 0.3 is 0 Å². The molecule has 28 heavy (non-hydrogen) atoms. The first kappa shape index (κ1) is 18.6. The summed E-state index contributed by atoms with van der Waals surface area (Å²) in [5.74, 6) is -0.0397. The highest BCUT2D eigenvalue weighted by molar-refractivity contribution is 7.91. The van der Waals surface area contributed by atoms with Crippen molar-refractivity contribution < 1.29 is 13.2 Å². The SMILES string of the molecule is Cc1ncc(CNC(=O)[C@H]2CCS(=O)(=O)C2)c(-c2cn(C)c3ccccc23)n1. The van der Waals surface area contributed by atoms with Crippen LogP contribution in [-0.2, 0) is 28.2 Å². The van der Waals surface area contributed by atoms with Crippen molar-refractivity contribution in [3.63, 3.8) is 0 Å². The highest BCUT2D eigenvalue weighted by Gasteiger charge is 2.32. The largest absolute Gasteiger partial charge is 0.352 e. The second kappa shape index (κ2) is 7.01. The van der Waals surface area contributed by atoms with Gasteiger partial charge < -0.3 is 9.88 Å². The molecule has 3 heterocycles. The number of nitrogens with one attached hydrogen (secondary N) is 1. The van der Waals surface area contributed by atoms with Crippen molar-refractivity contribution >= 4 is 26.6 Å². The number of para-hydroxylation sites is 1. The van der Waals surface area contributed by atoms with Gasteiger partial charge in [0.1, 0.15) is 5.82 Å². The molecule has 0 radical (unpaired) electrons. The first-order valence-electron chi connectivity index (χ1n) is 9.19. The zero-order valence-corrected chi connectivity index (χ0v) is 16.7. The van der Waals surface area contributed by atoms with E-state index >= 15 is 0 Å². The number of aryl methyl sites for hydroxylation is 2. The fourth-order valence-corrected chi connectivity index (χ4v) is 5.46. The van der Waals surface area contributed by atoms with Gasteiger partial charge in [-0.2, -0.15) is 0 Å². The van der Waals surface area contributed by atoms with Crippen molar-refractivity contribution in [2.24, 2.45) is 13.0 Å². The third-order valence-corrected chi connectivity index (χ3v) is 6.96. The van der Waals surface area contributed by atoms with Crippen LogP contribution >= 0.6 is 0 Å². The molecule has 0 unspecified atom stereocenters. The van der Waals surface area contributed by atoms with Gasteiger partial charge in [-0.3, -0.25) is 4.79 Å². The second-order valence-corrected chi connectivity index (χ2v) is 9.51. The maximum Gasteiger partial charge on any atom is 0.224 e. The van der Waals surface area contributed by atoms with Crippen LogP contribution in [0.4, 0.5) is 0 Å². The van der Waals surface area contributed by atoms with Crippen LogP contribution in [0, 0.1) is 12.8 Å². The van der Waals surface area contributed by atoms with E-state index in [4.69, 9.17) is 0 Å². The fourth-order valence-electron chi connectivity index (χ4n) is 3.72. The van der Waals surface area contributed by atoms with Crippen LogP contribution in [0.3, 0.4) is 0 Å². The number of carbonyl (C=O) groups excluding carboxylic acids is 1. The number of sulfone groups is 1. The van der Waals surface area contributed by atoms with Crippen molar-refractivity contribution in [3.05, 3.63) is 48.0 Å². The zero-order chi connectivity index (χ0) is 19.9. The molecule has 1 aliphatic heterocycles. The van der Waals surface area contributed by atoms with Crippen LogP contribution in [0.15, 0.2) is 36.7 Å². The van der Waals surface area contributed by atoms with Gasteiger partial charge in [0.2, 0.25) is 5.91 Å². The Morgan fingerprint density at radius 3 is 2.86 bits per heavy atom. The molecular weight excluding hydrogens is 376 g/mol. The third-order valence-electron chi connectivity index (χ3n) is 5.19. The highest BCUT2D eigenvalue weighted by Crippen LogP contribution is 2.31. The molecule has 0 aliphatic carbocycles. The Kier molecular flexibility index (Phi) is 4.66. The third kappa shape index (κ3) is 3.52. The minimum atomic E-state index is -3.09. The molecule has 0 saturated carbocycles. The van der Waals surface area contributed by atoms with Crippen molar-refractivity contribution in [1.29, 1.82) is 0 Å². The number of hydrogen-bond acceptors (Lipinski definition) is 5. The first-order chi connectivity index (χ1) is 13.3. The molecule has 1 amide bonds. The zero-order valence-electron chi connectivity index (χ0n) is 15.8. The normalized spacial score (nSPS) is 18.4. The Hall–Kier alpha value is -2.74. The van der Waals surface area contributed by atoms with E-state index in [1.165, 1.54) is 0 Å². The second-order valence-electron chi connectivity index (χ2n) is 7.28. The molecule has 1 atom stereocenters. The van der Waals surface area contributed by atoms with Gasteiger partial charge in [-0.25, -0.2) is 18.4 Å². The molecule has 3 aromatic rings. The van der Waals surface area contributed by atoms with E-state index in [1.807, 2.05) is 42.9 Å². The lowest BCUT2D eigenvalue weighted by Crippen LogP contribution is -2.31. The molecule has 0 spiro atoms. The average Bonchev–Trinajstić information content (AvgIpc) is 3.20. The van der Waals surface area contributed by atoms with Gasteiger partial charge in [0, 0.05) is 48.0 Å². The van der Waals surface area contributed by atoms with Crippen molar-refractivity contribution in [2.75, 3.05) is 11.5 Å². The lowest BCUT2D eigenvalue weighted by molar-refractivity contribution is -0.124. The molecular formula is C20H22N4O3S. The molecule has 0 bridgehead atoms. The number of aromatic nitrogens is 3. The predicted molar refractivity (Wildman–Crippen MR) is 107 cm³/mol. The van der Waals surface area contributed by atoms with Gasteiger partial charge in [-0.05, 0) is 19.4 Å². The first-order valence-corrected chi connectivity index (χ1v) is 11.0. The lowest BCUT2D eigenvalue weighted by atomic mass is 10.1. The summed E-state index contributed by atoms with van der Waals surface area (Å²) in [5, 5.41) is 3.95. The Morgan fingerprint density at radius 1 is 1.32 bits per heavy atom. The minimum Gasteiger partial charge on any atom is -0.352 e. The number of benzene rings is 1. The van der Waals surface area contributed by atoms with Crippen LogP contribution in [-0.4, -0.2) is 40.4 Å². The standard InChI is InChI=1S/C20H22N4O3S/c1-13-21-9-15(10-22-20(25)14-7-8-28(26,27)12-14)19(23-13)17-11-24(2)18-6-4-3-5-16(17)18/h3-6,9,11,14H,7-8,10,12H2,1-2H3,(H,22,25)/t14-/m0/s1. The van der Waals surface area contributed by atoms with E-state index < -0.39 is 15.8 Å². The van der Waals surface area contributed by atoms with Gasteiger partial charge in [-0.15, -0.1) is 0 Å². The molecule has 146 valence electrons. The van der Waals surface area contributed by atoms with Crippen LogP contribution in [0.1, 0.15) is 17.8 Å². The van der Waals surface area contributed by atoms with E-state index in [1.54, 1.807) is 6.20 Å². The fraction of sp³-hybridized carbons (Fsp3) is 0.350. The Balaban J connectivity index is 1.63. The highest BCUT2D eigenvalue weighted by atomic mass is 32.2. The quantitative estimate of drug-likeness (QED) is 0.725. The van der Waals surface area contributed by atoms with Crippen LogP contribution < -0.4 is 5.32 Å². The number of rotatable bonds is 4. The summed E-state index contributed by atoms with van der Waals surface area (Å²) < 4.78 is 25.3. The van der Waals surface area contributed by atoms with E-state index in [-0.39, 0.29) is 24.0 Å². The van der Waals surface area contributed by atoms with Crippen LogP contribution in [0.2, 0.25) is 0 Å². The number of nitrogens with zero attached hydrogens (tertiary/aromatic N) is 3. The minimum absolute atomic E-state index is 0.0700. The molecule has 1 saturated heterocycles. The van der Waals surface area contributed by atoms with Crippen molar-refractivity contribution in [2.45, 2.75) is 19.9 Å². The molecule has 1 aromatic carbocycles. The Morgan fingerprint density at radius 2 is 2.11 bits per heavy atom. The summed E-state index contributed by atoms with van der Waals surface area (Å²) in [6.45, 7) is 2.09. The van der Waals surface area contributed by atoms with E-state index in [0.717, 1.165) is 27.7 Å². The average molecular weight is 398 g/mol. The Bertz CT molecular complexity index is 1170. The summed E-state index contributed by atoms with van der Waals surface area (Å²) in [6, 6.07) is 8.08. The molecule has 2 aromatic heterocycles. The topological polar surface area (TPSA) is 94.0 Å². The smallest absolute Gasteiger partial charge is 0.224 e. The van der Waals surface area contributed by atoms with Gasteiger partial charge in [0.25, 0.3) is 0 Å². The monoisotopic (exact) mass is 398 g/mol. The summed E-state index contributed by atoms with van der Waals surface area (Å²) in [5.41, 5.74) is 3.66. The maximum atomic E-state index is 12.4. The van der Waals surface area contributed by atoms with Crippen molar-refractivity contribution in [3.8, 4) is 11.3 Å². The maximum absolute atomic E-state index is 12.4. The number of hydrogen-bond donors (Lipinski definition) is 1. The molecule has 4 rings (SSSR count). The van der Waals surface area contributed by atoms with Crippen molar-refractivity contribution in [1.82, 2.24) is 19.9 Å².